The van der Waals surface area contributed by atoms with Gasteiger partial charge in [0, 0.05) is 26.1 Å². The molecule has 6 heteroatoms. The minimum Gasteiger partial charge on any atom is -0.343 e. The van der Waals surface area contributed by atoms with E-state index in [1.807, 2.05) is 24.0 Å². The Balaban J connectivity index is 2.07. The molecule has 0 aliphatic carbocycles. The summed E-state index contributed by atoms with van der Waals surface area (Å²) in [6.07, 6.45) is 3.48. The van der Waals surface area contributed by atoms with E-state index in [0.717, 1.165) is 31.5 Å². The Morgan fingerprint density at radius 3 is 2.29 bits per heavy atom. The van der Waals surface area contributed by atoms with Gasteiger partial charge in [0.2, 0.25) is 15.9 Å². The van der Waals surface area contributed by atoms with E-state index in [9.17, 15) is 13.2 Å². The van der Waals surface area contributed by atoms with Crippen molar-refractivity contribution in [3.05, 3.63) is 29.8 Å². The molecule has 1 aromatic carbocycles. The zero-order chi connectivity index (χ0) is 15.5. The van der Waals surface area contributed by atoms with E-state index in [1.165, 1.54) is 10.6 Å². The number of benzene rings is 1. The molecule has 1 saturated heterocycles. The van der Waals surface area contributed by atoms with Crippen molar-refractivity contribution >= 4 is 21.6 Å². The van der Waals surface area contributed by atoms with Crippen molar-refractivity contribution in [1.29, 1.82) is 0 Å². The van der Waals surface area contributed by atoms with E-state index in [-0.39, 0.29) is 18.9 Å². The van der Waals surface area contributed by atoms with Crippen molar-refractivity contribution in [3.63, 3.8) is 0 Å². The molecular weight excluding hydrogens is 288 g/mol. The van der Waals surface area contributed by atoms with Crippen LogP contribution < -0.4 is 4.31 Å². The third-order valence-electron chi connectivity index (χ3n) is 3.71. The van der Waals surface area contributed by atoms with Crippen molar-refractivity contribution in [3.8, 4) is 0 Å². The summed E-state index contributed by atoms with van der Waals surface area (Å²) >= 11 is 0. The molecule has 21 heavy (non-hydrogen) atoms. The van der Waals surface area contributed by atoms with Gasteiger partial charge in [-0.05, 0) is 31.9 Å². The van der Waals surface area contributed by atoms with Crippen molar-refractivity contribution in [2.75, 3.05) is 30.2 Å². The molecule has 2 rings (SSSR count). The first kappa shape index (κ1) is 15.8. The van der Waals surface area contributed by atoms with Gasteiger partial charge in [0.25, 0.3) is 0 Å². The number of hydrogen-bond acceptors (Lipinski definition) is 3. The Labute approximate surface area is 126 Å². The Hall–Kier alpha value is -1.56. The van der Waals surface area contributed by atoms with Crippen molar-refractivity contribution in [2.45, 2.75) is 26.2 Å². The minimum atomic E-state index is -3.39. The lowest BCUT2D eigenvalue weighted by Crippen LogP contribution is -2.35. The smallest absolute Gasteiger partial charge is 0.232 e. The molecule has 0 N–H and O–H groups in total. The maximum Gasteiger partial charge on any atom is 0.232 e. The van der Waals surface area contributed by atoms with Crippen LogP contribution in [0.5, 0.6) is 0 Å². The number of carbonyl (C=O) groups excluding carboxylic acids is 1. The fourth-order valence-electron chi connectivity index (χ4n) is 2.52. The first-order valence-corrected chi connectivity index (χ1v) is 9.05. The second kappa shape index (κ2) is 6.47. The van der Waals surface area contributed by atoms with Gasteiger partial charge in [-0.1, -0.05) is 17.7 Å². The summed E-state index contributed by atoms with van der Waals surface area (Å²) in [5.41, 5.74) is 1.68. The summed E-state index contributed by atoms with van der Waals surface area (Å²) < 4.78 is 25.2. The summed E-state index contributed by atoms with van der Waals surface area (Å²) in [6, 6.07) is 7.29. The van der Waals surface area contributed by atoms with Crippen LogP contribution in [0.15, 0.2) is 24.3 Å². The van der Waals surface area contributed by atoms with Crippen LogP contribution in [-0.2, 0) is 14.8 Å². The third kappa shape index (κ3) is 4.20. The monoisotopic (exact) mass is 310 g/mol. The quantitative estimate of drug-likeness (QED) is 0.833. The largest absolute Gasteiger partial charge is 0.343 e. The normalized spacial score (nSPS) is 15.2. The van der Waals surface area contributed by atoms with Crippen LogP contribution in [0.4, 0.5) is 5.69 Å². The highest BCUT2D eigenvalue weighted by atomic mass is 32.2. The lowest BCUT2D eigenvalue weighted by atomic mass is 10.2. The molecule has 5 nitrogen and oxygen atoms in total. The molecule has 1 heterocycles. The topological polar surface area (TPSA) is 57.7 Å². The molecule has 0 unspecified atom stereocenters. The maximum atomic E-state index is 12.1. The summed E-state index contributed by atoms with van der Waals surface area (Å²) in [4.78, 5) is 13.9. The van der Waals surface area contributed by atoms with Gasteiger partial charge < -0.3 is 4.90 Å². The first-order valence-electron chi connectivity index (χ1n) is 7.20. The number of likely N-dealkylation sites (tertiary alicyclic amines) is 1. The van der Waals surface area contributed by atoms with Gasteiger partial charge >= 0.3 is 0 Å². The number of sulfonamides is 1. The number of aryl methyl sites for hydroxylation is 1. The number of anilines is 1. The Morgan fingerprint density at radius 2 is 1.76 bits per heavy atom. The zero-order valence-corrected chi connectivity index (χ0v) is 13.4. The molecule has 1 fully saturated rings. The predicted molar refractivity (Wildman–Crippen MR) is 83.8 cm³/mol. The number of hydrogen-bond donors (Lipinski definition) is 0. The van der Waals surface area contributed by atoms with Crippen LogP contribution >= 0.6 is 0 Å². The van der Waals surface area contributed by atoms with E-state index in [4.69, 9.17) is 0 Å². The van der Waals surface area contributed by atoms with Crippen LogP contribution in [0.1, 0.15) is 24.8 Å². The molecule has 1 aromatic rings. The highest BCUT2D eigenvalue weighted by molar-refractivity contribution is 7.92. The van der Waals surface area contributed by atoms with Gasteiger partial charge in [-0.15, -0.1) is 0 Å². The molecule has 0 radical (unpaired) electrons. The number of rotatable bonds is 5. The molecule has 1 amide bonds. The van der Waals surface area contributed by atoms with Gasteiger partial charge in [0.05, 0.1) is 11.9 Å². The standard InChI is InChI=1S/C15H22N2O3S/c1-13-5-7-14(8-6-13)17(21(2,19)20)12-9-15(18)16-10-3-4-11-16/h5-8H,3-4,9-12H2,1-2H3. The average Bonchev–Trinajstić information content (AvgIpc) is 2.93. The second-order valence-electron chi connectivity index (χ2n) is 5.51. The lowest BCUT2D eigenvalue weighted by Gasteiger charge is -2.23. The van der Waals surface area contributed by atoms with Crippen molar-refractivity contribution in [2.24, 2.45) is 0 Å². The maximum absolute atomic E-state index is 12.1. The number of carbonyl (C=O) groups is 1. The zero-order valence-electron chi connectivity index (χ0n) is 12.6. The van der Waals surface area contributed by atoms with Gasteiger partial charge in [-0.2, -0.15) is 0 Å². The van der Waals surface area contributed by atoms with Gasteiger partial charge in [0.15, 0.2) is 0 Å². The van der Waals surface area contributed by atoms with Gasteiger partial charge in [0.1, 0.15) is 0 Å². The molecule has 0 saturated carbocycles. The molecule has 0 bridgehead atoms. The lowest BCUT2D eigenvalue weighted by molar-refractivity contribution is -0.129. The van der Waals surface area contributed by atoms with Crippen LogP contribution in [-0.4, -0.2) is 45.1 Å². The van der Waals surface area contributed by atoms with Gasteiger partial charge in [-0.25, -0.2) is 8.42 Å². The number of amides is 1. The highest BCUT2D eigenvalue weighted by Gasteiger charge is 2.22. The van der Waals surface area contributed by atoms with Crippen LogP contribution in [0, 0.1) is 6.92 Å². The first-order chi connectivity index (χ1) is 9.88. The molecular formula is C15H22N2O3S. The molecule has 0 aromatic heterocycles. The van der Waals surface area contributed by atoms with Crippen LogP contribution in [0.25, 0.3) is 0 Å². The highest BCUT2D eigenvalue weighted by Crippen LogP contribution is 2.19. The third-order valence-corrected chi connectivity index (χ3v) is 4.90. The number of nitrogens with zero attached hydrogens (tertiary/aromatic N) is 2. The van der Waals surface area contributed by atoms with E-state index < -0.39 is 10.0 Å². The molecule has 1 aliphatic rings. The summed E-state index contributed by atoms with van der Waals surface area (Å²) in [5, 5.41) is 0. The summed E-state index contributed by atoms with van der Waals surface area (Å²) in [7, 11) is -3.39. The Kier molecular flexibility index (Phi) is 4.88. The van der Waals surface area contributed by atoms with E-state index in [2.05, 4.69) is 0 Å². The van der Waals surface area contributed by atoms with E-state index in [1.54, 1.807) is 12.1 Å². The van der Waals surface area contributed by atoms with Crippen LogP contribution in [0.2, 0.25) is 0 Å². The fourth-order valence-corrected chi connectivity index (χ4v) is 3.45. The molecule has 1 aliphatic heterocycles. The second-order valence-corrected chi connectivity index (χ2v) is 7.42. The Morgan fingerprint density at radius 1 is 1.19 bits per heavy atom. The van der Waals surface area contributed by atoms with Crippen LogP contribution in [0.3, 0.4) is 0 Å². The van der Waals surface area contributed by atoms with Crippen molar-refractivity contribution in [1.82, 2.24) is 4.90 Å². The SMILES string of the molecule is Cc1ccc(N(CCC(=O)N2CCCC2)S(C)(=O)=O)cc1. The van der Waals surface area contributed by atoms with Crippen molar-refractivity contribution < 1.29 is 13.2 Å². The summed E-state index contributed by atoms with van der Waals surface area (Å²) in [5.74, 6) is 0.0354. The molecule has 0 atom stereocenters. The average molecular weight is 310 g/mol. The van der Waals surface area contributed by atoms with E-state index >= 15 is 0 Å². The van der Waals surface area contributed by atoms with E-state index in [0.29, 0.717) is 5.69 Å². The predicted octanol–water partition coefficient (Wildman–Crippen LogP) is 1.77. The molecule has 116 valence electrons. The Bertz CT molecular complexity index is 590. The summed E-state index contributed by atoms with van der Waals surface area (Å²) in [6.45, 7) is 3.73. The molecule has 0 spiro atoms. The van der Waals surface area contributed by atoms with Gasteiger partial charge in [-0.3, -0.25) is 9.10 Å². The fraction of sp³-hybridized carbons (Fsp3) is 0.533. The minimum absolute atomic E-state index is 0.0354.